The van der Waals surface area contributed by atoms with Crippen molar-refractivity contribution in [3.8, 4) is 0 Å². The minimum absolute atomic E-state index is 0.428. The second-order valence-electron chi connectivity index (χ2n) is 7.80. The Morgan fingerprint density at radius 2 is 1.90 bits per heavy atom. The van der Waals surface area contributed by atoms with Gasteiger partial charge in [0.05, 0.1) is 16.8 Å². The number of hydrogen-bond acceptors (Lipinski definition) is 6. The summed E-state index contributed by atoms with van der Waals surface area (Å²) in [6.45, 7) is 6.69. The zero-order valence-corrected chi connectivity index (χ0v) is 19.6. The maximum absolute atomic E-state index is 12.5. The van der Waals surface area contributed by atoms with Gasteiger partial charge in [0.2, 0.25) is 5.91 Å². The zero-order valence-electron chi connectivity index (χ0n) is 18.0. The lowest BCUT2D eigenvalue weighted by molar-refractivity contribution is -0.129. The van der Waals surface area contributed by atoms with Crippen LogP contribution in [0.5, 0.6) is 0 Å². The fourth-order valence-electron chi connectivity index (χ4n) is 3.54. The summed E-state index contributed by atoms with van der Waals surface area (Å²) in [7, 11) is -3.89. The molecule has 170 valence electrons. The first-order valence-electron chi connectivity index (χ1n) is 10.5. The van der Waals surface area contributed by atoms with Gasteiger partial charge in [-0.25, -0.2) is 8.42 Å². The van der Waals surface area contributed by atoms with Crippen molar-refractivity contribution in [3.63, 3.8) is 0 Å². The Labute approximate surface area is 186 Å². The third-order valence-corrected chi connectivity index (χ3v) is 7.73. The van der Waals surface area contributed by atoms with Crippen LogP contribution >= 0.6 is 11.3 Å². The lowest BCUT2D eigenvalue weighted by Gasteiger charge is -2.30. The van der Waals surface area contributed by atoms with Gasteiger partial charge < -0.3 is 14.2 Å². The summed E-state index contributed by atoms with van der Waals surface area (Å²) in [5, 5.41) is 0. The number of aromatic nitrogens is 1. The number of thiazole rings is 1. The van der Waals surface area contributed by atoms with Gasteiger partial charge >= 0.3 is 0 Å². The van der Waals surface area contributed by atoms with Crippen LogP contribution in [0.4, 0.5) is 0 Å². The summed E-state index contributed by atoms with van der Waals surface area (Å²) in [6, 6.07) is 7.65. The van der Waals surface area contributed by atoms with Gasteiger partial charge in [-0.3, -0.25) is 9.59 Å². The quantitative estimate of drug-likeness (QED) is 0.552. The minimum atomic E-state index is -3.89. The Morgan fingerprint density at radius 1 is 1.19 bits per heavy atom. The number of amides is 2. The van der Waals surface area contributed by atoms with Crippen molar-refractivity contribution in [1.29, 1.82) is 0 Å². The lowest BCUT2D eigenvalue weighted by atomic mass is 9.99. The first-order valence-corrected chi connectivity index (χ1v) is 13.1. The normalized spacial score (nSPS) is 16.2. The van der Waals surface area contributed by atoms with E-state index in [9.17, 15) is 18.0 Å². The average molecular weight is 468 g/mol. The molecule has 0 bridgehead atoms. The second kappa shape index (κ2) is 10.5. The highest BCUT2D eigenvalue weighted by Gasteiger charge is 2.26. The van der Waals surface area contributed by atoms with E-state index in [1.807, 2.05) is 35.8 Å². The molecule has 2 aromatic rings. The summed E-state index contributed by atoms with van der Waals surface area (Å²) < 4.78 is 33.2. The summed E-state index contributed by atoms with van der Waals surface area (Å²) >= 11 is 1.32. The molecule has 2 heterocycles. The average Bonchev–Trinajstić information content (AvgIpc) is 3.04. The first-order chi connectivity index (χ1) is 14.8. The summed E-state index contributed by atoms with van der Waals surface area (Å²) in [5.74, 6) is -2.09. The van der Waals surface area contributed by atoms with E-state index in [-0.39, 0.29) is 0 Å². The molecule has 1 fully saturated rings. The Hall–Kier alpha value is -2.04. The monoisotopic (exact) mass is 467 g/mol. The van der Waals surface area contributed by atoms with E-state index in [4.69, 9.17) is 4.74 Å². The maximum Gasteiger partial charge on any atom is 0.263 e. The van der Waals surface area contributed by atoms with Crippen LogP contribution in [0.2, 0.25) is 0 Å². The molecule has 31 heavy (non-hydrogen) atoms. The number of sulfone groups is 1. The fraction of sp³-hybridized carbons (Fsp3) is 0.571. The molecule has 0 N–H and O–H groups in total. The second-order valence-corrected chi connectivity index (χ2v) is 10.9. The number of hydrogen-bond donors (Lipinski definition) is 0. The van der Waals surface area contributed by atoms with Crippen molar-refractivity contribution < 1.29 is 22.7 Å². The van der Waals surface area contributed by atoms with E-state index in [1.54, 1.807) is 4.90 Å². The smallest absolute Gasteiger partial charge is 0.263 e. The minimum Gasteiger partial charge on any atom is -0.380 e. The Morgan fingerprint density at radius 3 is 2.61 bits per heavy atom. The van der Waals surface area contributed by atoms with Crippen LogP contribution in [0, 0.1) is 5.92 Å². The summed E-state index contributed by atoms with van der Waals surface area (Å²) in [6.07, 6.45) is 1.74. The van der Waals surface area contributed by atoms with E-state index in [2.05, 4.69) is 11.9 Å². The highest BCUT2D eigenvalue weighted by atomic mass is 32.2. The van der Waals surface area contributed by atoms with Crippen LogP contribution in [0.1, 0.15) is 26.7 Å². The number of ether oxygens (including phenoxy) is 1. The Kier molecular flexibility index (Phi) is 8.01. The molecule has 3 rings (SSSR count). The molecule has 1 aliphatic heterocycles. The molecule has 1 aromatic heterocycles. The van der Waals surface area contributed by atoms with Gasteiger partial charge in [-0.2, -0.15) is 4.99 Å². The molecule has 0 atom stereocenters. The Bertz CT molecular complexity index is 1100. The molecule has 1 aliphatic rings. The predicted octanol–water partition coefficient (Wildman–Crippen LogP) is 1.84. The van der Waals surface area contributed by atoms with Gasteiger partial charge in [0.1, 0.15) is 11.5 Å². The number of rotatable bonds is 8. The van der Waals surface area contributed by atoms with Crippen molar-refractivity contribution >= 4 is 43.2 Å². The molecule has 0 saturated carbocycles. The van der Waals surface area contributed by atoms with E-state index < -0.39 is 33.2 Å². The van der Waals surface area contributed by atoms with Crippen molar-refractivity contribution in [3.05, 3.63) is 29.1 Å². The third-order valence-electron chi connectivity index (χ3n) is 5.30. The van der Waals surface area contributed by atoms with Gasteiger partial charge in [-0.15, -0.1) is 0 Å². The Balaban J connectivity index is 1.73. The topological polar surface area (TPSA) is 98.0 Å². The van der Waals surface area contributed by atoms with E-state index in [0.717, 1.165) is 23.1 Å². The molecule has 1 saturated heterocycles. The van der Waals surface area contributed by atoms with Crippen LogP contribution in [-0.2, 0) is 30.7 Å². The van der Waals surface area contributed by atoms with E-state index in [1.165, 1.54) is 11.3 Å². The molecule has 0 unspecified atom stereocenters. The number of likely N-dealkylation sites (tertiary alicyclic amines) is 1. The molecular formula is C21H29N3O5S2. The van der Waals surface area contributed by atoms with Crippen LogP contribution in [-0.4, -0.2) is 67.5 Å². The van der Waals surface area contributed by atoms with Crippen molar-refractivity contribution in [2.45, 2.75) is 33.2 Å². The highest BCUT2D eigenvalue weighted by Crippen LogP contribution is 2.17. The largest absolute Gasteiger partial charge is 0.380 e. The highest BCUT2D eigenvalue weighted by molar-refractivity contribution is 7.92. The van der Waals surface area contributed by atoms with Crippen molar-refractivity contribution in [1.82, 2.24) is 9.47 Å². The zero-order chi connectivity index (χ0) is 22.4. The van der Waals surface area contributed by atoms with Crippen LogP contribution in [0.15, 0.2) is 29.3 Å². The van der Waals surface area contributed by atoms with Gasteiger partial charge in [-0.1, -0.05) is 30.4 Å². The van der Waals surface area contributed by atoms with Crippen LogP contribution in [0.3, 0.4) is 0 Å². The molecule has 0 radical (unpaired) electrons. The lowest BCUT2D eigenvalue weighted by Crippen LogP contribution is -2.41. The summed E-state index contributed by atoms with van der Waals surface area (Å²) in [4.78, 5) is 30.9. The van der Waals surface area contributed by atoms with Crippen molar-refractivity contribution in [2.24, 2.45) is 10.9 Å². The number of nitrogens with zero attached hydrogens (tertiary/aromatic N) is 3. The third kappa shape index (κ3) is 6.47. The molecule has 0 aliphatic carbocycles. The predicted molar refractivity (Wildman–Crippen MR) is 121 cm³/mol. The number of carbonyl (C=O) groups is 2. The molecular weight excluding hydrogens is 438 g/mol. The summed E-state index contributed by atoms with van der Waals surface area (Å²) in [5.41, 5.74) is 0.913. The van der Waals surface area contributed by atoms with Gasteiger partial charge in [0, 0.05) is 26.2 Å². The number of carbonyl (C=O) groups excluding carboxylic acids is 2. The van der Waals surface area contributed by atoms with Crippen molar-refractivity contribution in [2.75, 3.05) is 37.8 Å². The van der Waals surface area contributed by atoms with Gasteiger partial charge in [0.15, 0.2) is 14.6 Å². The van der Waals surface area contributed by atoms with Gasteiger partial charge in [-0.05, 0) is 37.8 Å². The number of fused-ring (bicyclic) bond motifs is 1. The standard InChI is InChI=1S/C21H29N3O5S2/c1-3-29-13-12-24-17-6-4-5-7-18(17)30-21(24)22-19(25)14-31(27,28)15-20(26)23-10-8-16(2)9-11-23/h4-7,16H,3,8-15H2,1-2H3. The fourth-order valence-corrected chi connectivity index (χ4v) is 5.71. The van der Waals surface area contributed by atoms with Crippen LogP contribution in [0.25, 0.3) is 10.2 Å². The number of piperidine rings is 1. The molecule has 10 heteroatoms. The SMILES string of the molecule is CCOCCn1c(=NC(=O)CS(=O)(=O)CC(=O)N2CCC(C)CC2)sc2ccccc21. The molecule has 2 amide bonds. The number of benzene rings is 1. The maximum atomic E-state index is 12.5. The van der Waals surface area contributed by atoms with E-state index in [0.29, 0.717) is 43.6 Å². The molecule has 8 nitrogen and oxygen atoms in total. The van der Waals surface area contributed by atoms with Crippen LogP contribution < -0.4 is 4.80 Å². The molecule has 1 aromatic carbocycles. The molecule has 0 spiro atoms. The first kappa shape index (κ1) is 23.6. The van der Waals surface area contributed by atoms with Gasteiger partial charge in [0.25, 0.3) is 5.91 Å². The number of para-hydroxylation sites is 1. The van der Waals surface area contributed by atoms with E-state index >= 15 is 0 Å².